The Morgan fingerprint density at radius 1 is 1.21 bits per heavy atom. The second kappa shape index (κ2) is 10.4. The summed E-state index contributed by atoms with van der Waals surface area (Å²) in [6.45, 7) is 3.61. The molecule has 3 rings (SSSR count). The fourth-order valence-electron chi connectivity index (χ4n) is 4.14. The Morgan fingerprint density at radius 3 is 2.46 bits per heavy atom. The first kappa shape index (κ1) is 22.3. The molecule has 8 heteroatoms. The fraction of sp³-hybridized carbons (Fsp3) is 0.938. The number of β-amino-alcohol motifs (C(OH)–C–C–N with tert-alkyl or cyclic N) is 1. The lowest BCUT2D eigenvalue weighted by Gasteiger charge is -2.48. The first-order valence-corrected chi connectivity index (χ1v) is 9.87. The quantitative estimate of drug-likeness (QED) is 0.666. The van der Waals surface area contributed by atoms with E-state index in [0.29, 0.717) is 13.0 Å². The van der Waals surface area contributed by atoms with Crippen LogP contribution in [-0.4, -0.2) is 71.3 Å². The maximum absolute atomic E-state index is 12.4. The maximum Gasteiger partial charge on any atom is 0.237 e. The van der Waals surface area contributed by atoms with E-state index in [4.69, 9.17) is 0 Å². The first-order valence-electron chi connectivity index (χ1n) is 8.72. The van der Waals surface area contributed by atoms with Gasteiger partial charge in [0.1, 0.15) is 0 Å². The van der Waals surface area contributed by atoms with Gasteiger partial charge in [-0.25, -0.2) is 0 Å². The number of aliphatic hydroxyl groups is 1. The molecule has 5 nitrogen and oxygen atoms in total. The molecule has 2 heterocycles. The predicted molar refractivity (Wildman–Crippen MR) is 105 cm³/mol. The minimum absolute atomic E-state index is 0. The van der Waals surface area contributed by atoms with Gasteiger partial charge >= 0.3 is 0 Å². The number of nitrogens with zero attached hydrogens (tertiary/aromatic N) is 1. The number of hydrogen-bond acceptors (Lipinski definition) is 5. The first-order chi connectivity index (χ1) is 10.7. The molecule has 142 valence electrons. The van der Waals surface area contributed by atoms with E-state index >= 15 is 0 Å². The van der Waals surface area contributed by atoms with E-state index in [1.807, 2.05) is 11.8 Å². The third-order valence-corrected chi connectivity index (χ3v) is 6.42. The molecule has 1 saturated carbocycles. The topological polar surface area (TPSA) is 64.6 Å². The highest BCUT2D eigenvalue weighted by Gasteiger charge is 2.39. The molecule has 24 heavy (non-hydrogen) atoms. The van der Waals surface area contributed by atoms with Gasteiger partial charge in [0.15, 0.2) is 0 Å². The molecule has 2 aliphatic heterocycles. The van der Waals surface area contributed by atoms with Gasteiger partial charge in [-0.2, -0.15) is 11.8 Å². The Hall–Kier alpha value is 0.280. The summed E-state index contributed by atoms with van der Waals surface area (Å²) in [6, 6.07) is -0.215. The molecular weight excluding hydrogens is 369 g/mol. The van der Waals surface area contributed by atoms with Crippen LogP contribution in [0.3, 0.4) is 0 Å². The molecule has 0 bridgehead atoms. The molecule has 0 spiro atoms. The largest absolute Gasteiger partial charge is 0.392 e. The van der Waals surface area contributed by atoms with E-state index in [1.54, 1.807) is 0 Å². The van der Waals surface area contributed by atoms with Crippen LogP contribution in [0.25, 0.3) is 0 Å². The van der Waals surface area contributed by atoms with E-state index in [0.717, 1.165) is 19.6 Å². The van der Waals surface area contributed by atoms with E-state index in [1.165, 1.54) is 43.6 Å². The normalized spacial score (nSPS) is 30.0. The van der Waals surface area contributed by atoms with E-state index in [-0.39, 0.29) is 48.4 Å². The number of hydrogen-bond donors (Lipinski definition) is 3. The summed E-state index contributed by atoms with van der Waals surface area (Å²) in [6.07, 6.45) is 6.46. The number of halogens is 2. The minimum Gasteiger partial charge on any atom is -0.392 e. The second-order valence-corrected chi connectivity index (χ2v) is 8.18. The van der Waals surface area contributed by atoms with Crippen LogP contribution >= 0.6 is 36.6 Å². The van der Waals surface area contributed by atoms with Gasteiger partial charge in [-0.3, -0.25) is 9.69 Å². The minimum atomic E-state index is -0.376. The van der Waals surface area contributed by atoms with Gasteiger partial charge in [0, 0.05) is 43.2 Å². The third-order valence-electron chi connectivity index (χ3n) is 5.48. The van der Waals surface area contributed by atoms with Crippen LogP contribution in [0.15, 0.2) is 0 Å². The monoisotopic (exact) mass is 399 g/mol. The molecule has 0 aromatic rings. The SMILES string of the molecule is Cl.Cl.O=C(NCC1(N2CCSCC2)CCCCC1)C1CC(O)CN1. The predicted octanol–water partition coefficient (Wildman–Crippen LogP) is 1.42. The zero-order valence-corrected chi connectivity index (χ0v) is 16.6. The summed E-state index contributed by atoms with van der Waals surface area (Å²) in [5, 5.41) is 15.9. The van der Waals surface area contributed by atoms with Gasteiger partial charge in [0.2, 0.25) is 5.91 Å². The fourth-order valence-corrected chi connectivity index (χ4v) is 5.05. The van der Waals surface area contributed by atoms with Crippen molar-refractivity contribution in [2.45, 2.75) is 56.2 Å². The number of thioether (sulfide) groups is 1. The Kier molecular flexibility index (Phi) is 9.70. The summed E-state index contributed by atoms with van der Waals surface area (Å²) in [5.41, 5.74) is 0.173. The Morgan fingerprint density at radius 2 is 1.88 bits per heavy atom. The number of nitrogens with one attached hydrogen (secondary N) is 2. The van der Waals surface area contributed by atoms with Crippen molar-refractivity contribution in [2.75, 3.05) is 37.7 Å². The molecule has 1 amide bonds. The molecule has 1 aliphatic carbocycles. The number of amides is 1. The number of carbonyl (C=O) groups excluding carboxylic acids is 1. The van der Waals surface area contributed by atoms with Crippen molar-refractivity contribution in [1.29, 1.82) is 0 Å². The third kappa shape index (κ3) is 5.39. The van der Waals surface area contributed by atoms with Crippen molar-refractivity contribution in [3.05, 3.63) is 0 Å². The second-order valence-electron chi connectivity index (χ2n) is 6.95. The van der Waals surface area contributed by atoms with Crippen LogP contribution in [0.4, 0.5) is 0 Å². The van der Waals surface area contributed by atoms with Gasteiger partial charge in [-0.05, 0) is 19.3 Å². The standard InChI is InChI=1S/C16H29N3O2S.2ClH/c20-13-10-14(17-11-13)15(21)18-12-16(4-2-1-3-5-16)19-6-8-22-9-7-19;;/h13-14,17,20H,1-12H2,(H,18,21);2*1H. The van der Waals surface area contributed by atoms with Crippen LogP contribution in [0.5, 0.6) is 0 Å². The van der Waals surface area contributed by atoms with Gasteiger partial charge in [0.25, 0.3) is 0 Å². The highest BCUT2D eigenvalue weighted by Crippen LogP contribution is 2.34. The number of carbonyl (C=O) groups is 1. The number of aliphatic hydroxyl groups excluding tert-OH is 1. The Bertz CT molecular complexity index is 392. The van der Waals surface area contributed by atoms with Gasteiger partial charge < -0.3 is 15.7 Å². The van der Waals surface area contributed by atoms with Gasteiger partial charge in [0.05, 0.1) is 12.1 Å². The van der Waals surface area contributed by atoms with Crippen molar-refractivity contribution in [2.24, 2.45) is 0 Å². The van der Waals surface area contributed by atoms with Crippen LogP contribution in [0.1, 0.15) is 38.5 Å². The molecule has 3 aliphatic rings. The molecule has 0 aromatic carbocycles. The summed E-state index contributed by atoms with van der Waals surface area (Å²) >= 11 is 2.04. The average Bonchev–Trinajstić information content (AvgIpc) is 3.01. The molecule has 0 aromatic heterocycles. The van der Waals surface area contributed by atoms with Crippen molar-refractivity contribution in [3.63, 3.8) is 0 Å². The molecule has 3 fully saturated rings. The van der Waals surface area contributed by atoms with Gasteiger partial charge in [-0.1, -0.05) is 19.3 Å². The summed E-state index contributed by atoms with van der Waals surface area (Å²) < 4.78 is 0. The zero-order chi connectivity index (χ0) is 15.4. The zero-order valence-electron chi connectivity index (χ0n) is 14.2. The molecule has 3 N–H and O–H groups in total. The molecular formula is C16H31Cl2N3O2S. The van der Waals surface area contributed by atoms with Crippen molar-refractivity contribution in [3.8, 4) is 0 Å². The molecule has 0 radical (unpaired) electrons. The van der Waals surface area contributed by atoms with Crippen LogP contribution in [-0.2, 0) is 4.79 Å². The lowest BCUT2D eigenvalue weighted by Crippen LogP contribution is -2.59. The lowest BCUT2D eigenvalue weighted by atomic mass is 9.80. The smallest absolute Gasteiger partial charge is 0.237 e. The lowest BCUT2D eigenvalue weighted by molar-refractivity contribution is -0.123. The van der Waals surface area contributed by atoms with Crippen molar-refractivity contribution in [1.82, 2.24) is 15.5 Å². The Balaban J connectivity index is 0.00000144. The summed E-state index contributed by atoms with van der Waals surface area (Å²) in [7, 11) is 0. The van der Waals surface area contributed by atoms with Crippen LogP contribution < -0.4 is 10.6 Å². The highest BCUT2D eigenvalue weighted by molar-refractivity contribution is 7.99. The molecule has 2 atom stereocenters. The van der Waals surface area contributed by atoms with Gasteiger partial charge in [-0.15, -0.1) is 24.8 Å². The number of rotatable bonds is 4. The van der Waals surface area contributed by atoms with Crippen LogP contribution in [0, 0.1) is 0 Å². The molecule has 2 saturated heterocycles. The van der Waals surface area contributed by atoms with E-state index < -0.39 is 0 Å². The highest BCUT2D eigenvalue weighted by atomic mass is 35.5. The van der Waals surface area contributed by atoms with Crippen molar-refractivity contribution < 1.29 is 9.90 Å². The summed E-state index contributed by atoms with van der Waals surface area (Å²) in [5.74, 6) is 2.49. The van der Waals surface area contributed by atoms with Crippen LogP contribution in [0.2, 0.25) is 0 Å². The van der Waals surface area contributed by atoms with E-state index in [9.17, 15) is 9.90 Å². The summed E-state index contributed by atoms with van der Waals surface area (Å²) in [4.78, 5) is 15.0. The maximum atomic E-state index is 12.4. The molecule has 2 unspecified atom stereocenters. The van der Waals surface area contributed by atoms with E-state index in [2.05, 4.69) is 15.5 Å². The average molecular weight is 400 g/mol. The Labute approximate surface area is 161 Å². The van der Waals surface area contributed by atoms with Crippen molar-refractivity contribution >= 4 is 42.5 Å².